The largest absolute Gasteiger partial charge is 0.484 e. The van der Waals surface area contributed by atoms with Crippen LogP contribution in [-0.4, -0.2) is 39.2 Å². The molecule has 1 amide bonds. The molecule has 0 aliphatic heterocycles. The van der Waals surface area contributed by atoms with Crippen LogP contribution in [0.5, 0.6) is 5.75 Å². The SMILES string of the molecule is CC(c1ccc(-n2cncn2)cc1)N(C)C(=O)COc1cccc(Br)c1. The fourth-order valence-electron chi connectivity index (χ4n) is 2.49. The Balaban J connectivity index is 1.61. The second kappa shape index (κ2) is 8.14. The third kappa shape index (κ3) is 4.29. The number of rotatable bonds is 6. The molecule has 7 heteroatoms. The summed E-state index contributed by atoms with van der Waals surface area (Å²) in [5.41, 5.74) is 1.96. The number of aromatic nitrogens is 3. The average molecular weight is 415 g/mol. The van der Waals surface area contributed by atoms with Crippen LogP contribution in [0.25, 0.3) is 5.69 Å². The lowest BCUT2D eigenvalue weighted by molar-refractivity contribution is -0.134. The summed E-state index contributed by atoms with van der Waals surface area (Å²) >= 11 is 3.39. The van der Waals surface area contributed by atoms with Gasteiger partial charge in [-0.15, -0.1) is 0 Å². The van der Waals surface area contributed by atoms with Gasteiger partial charge >= 0.3 is 0 Å². The molecule has 3 rings (SSSR count). The van der Waals surface area contributed by atoms with E-state index in [1.165, 1.54) is 6.33 Å². The number of amides is 1. The zero-order chi connectivity index (χ0) is 18.5. The Morgan fingerprint density at radius 3 is 2.69 bits per heavy atom. The predicted octanol–water partition coefficient (Wildman–Crippen LogP) is 3.63. The lowest BCUT2D eigenvalue weighted by atomic mass is 10.1. The molecule has 0 N–H and O–H groups in total. The molecule has 0 saturated carbocycles. The number of likely N-dealkylation sites (N-methyl/N-ethyl adjacent to an activating group) is 1. The van der Waals surface area contributed by atoms with Gasteiger partial charge in [-0.3, -0.25) is 4.79 Å². The first kappa shape index (κ1) is 18.1. The number of hydrogen-bond donors (Lipinski definition) is 0. The highest BCUT2D eigenvalue weighted by molar-refractivity contribution is 9.10. The number of carbonyl (C=O) groups is 1. The molecule has 6 nitrogen and oxygen atoms in total. The number of carbonyl (C=O) groups excluding carboxylic acids is 1. The van der Waals surface area contributed by atoms with Gasteiger partial charge in [0.15, 0.2) is 6.61 Å². The third-order valence-corrected chi connectivity index (χ3v) is 4.68. The number of hydrogen-bond acceptors (Lipinski definition) is 4. The normalized spacial score (nSPS) is 11.8. The smallest absolute Gasteiger partial charge is 0.260 e. The van der Waals surface area contributed by atoms with E-state index < -0.39 is 0 Å². The van der Waals surface area contributed by atoms with Crippen molar-refractivity contribution in [2.45, 2.75) is 13.0 Å². The van der Waals surface area contributed by atoms with Crippen LogP contribution in [0.3, 0.4) is 0 Å². The van der Waals surface area contributed by atoms with Crippen LogP contribution in [0.1, 0.15) is 18.5 Å². The summed E-state index contributed by atoms with van der Waals surface area (Å²) < 4.78 is 8.19. The molecule has 1 atom stereocenters. The van der Waals surface area contributed by atoms with Gasteiger partial charge in [-0.2, -0.15) is 5.10 Å². The van der Waals surface area contributed by atoms with Gasteiger partial charge in [0.05, 0.1) is 11.7 Å². The lowest BCUT2D eigenvalue weighted by Crippen LogP contribution is -2.33. The molecular formula is C19H19BrN4O2. The van der Waals surface area contributed by atoms with Crippen LogP contribution in [-0.2, 0) is 4.79 Å². The van der Waals surface area contributed by atoms with E-state index in [2.05, 4.69) is 26.0 Å². The fourth-order valence-corrected chi connectivity index (χ4v) is 2.87. The highest BCUT2D eigenvalue weighted by atomic mass is 79.9. The first-order chi connectivity index (χ1) is 12.5. The molecule has 3 aromatic rings. The molecule has 0 bridgehead atoms. The summed E-state index contributed by atoms with van der Waals surface area (Å²) in [5.74, 6) is 0.573. The zero-order valence-electron chi connectivity index (χ0n) is 14.5. The van der Waals surface area contributed by atoms with E-state index in [0.717, 1.165) is 15.7 Å². The summed E-state index contributed by atoms with van der Waals surface area (Å²) in [7, 11) is 1.78. The number of nitrogens with zero attached hydrogens (tertiary/aromatic N) is 4. The summed E-state index contributed by atoms with van der Waals surface area (Å²) in [6, 6.07) is 15.2. The van der Waals surface area contributed by atoms with Crippen LogP contribution in [0.4, 0.5) is 0 Å². The molecule has 26 heavy (non-hydrogen) atoms. The highest BCUT2D eigenvalue weighted by Crippen LogP contribution is 2.21. The van der Waals surface area contributed by atoms with Gasteiger partial charge in [0.1, 0.15) is 18.4 Å². The molecule has 0 fully saturated rings. The average Bonchev–Trinajstić information content (AvgIpc) is 3.20. The van der Waals surface area contributed by atoms with E-state index in [1.54, 1.807) is 23.0 Å². The Morgan fingerprint density at radius 2 is 2.04 bits per heavy atom. The van der Waals surface area contributed by atoms with Gasteiger partial charge in [0.2, 0.25) is 0 Å². The summed E-state index contributed by atoms with van der Waals surface area (Å²) in [6.07, 6.45) is 3.14. The molecule has 134 valence electrons. The van der Waals surface area contributed by atoms with Gasteiger partial charge in [0.25, 0.3) is 5.91 Å². The molecule has 0 aliphatic carbocycles. The molecule has 0 aliphatic rings. The Bertz CT molecular complexity index is 866. The topological polar surface area (TPSA) is 60.2 Å². The highest BCUT2D eigenvalue weighted by Gasteiger charge is 2.18. The van der Waals surface area contributed by atoms with Gasteiger partial charge in [-0.25, -0.2) is 9.67 Å². The minimum Gasteiger partial charge on any atom is -0.484 e. The second-order valence-electron chi connectivity index (χ2n) is 5.86. The van der Waals surface area contributed by atoms with E-state index in [1.807, 2.05) is 55.5 Å². The zero-order valence-corrected chi connectivity index (χ0v) is 16.1. The van der Waals surface area contributed by atoms with Crippen molar-refractivity contribution < 1.29 is 9.53 Å². The van der Waals surface area contributed by atoms with Crippen molar-refractivity contribution in [3.63, 3.8) is 0 Å². The van der Waals surface area contributed by atoms with E-state index in [-0.39, 0.29) is 18.6 Å². The van der Waals surface area contributed by atoms with Crippen LogP contribution < -0.4 is 4.74 Å². The lowest BCUT2D eigenvalue weighted by Gasteiger charge is -2.25. The number of benzene rings is 2. The van der Waals surface area contributed by atoms with E-state index in [0.29, 0.717) is 5.75 Å². The van der Waals surface area contributed by atoms with Crippen molar-refractivity contribution in [2.24, 2.45) is 0 Å². The molecule has 0 saturated heterocycles. The maximum atomic E-state index is 12.4. The molecule has 0 spiro atoms. The molecular weight excluding hydrogens is 396 g/mol. The quantitative estimate of drug-likeness (QED) is 0.617. The first-order valence-electron chi connectivity index (χ1n) is 8.13. The first-order valence-corrected chi connectivity index (χ1v) is 8.93. The van der Waals surface area contributed by atoms with Crippen molar-refractivity contribution in [3.8, 4) is 11.4 Å². The van der Waals surface area contributed by atoms with Crippen LogP contribution in [0, 0.1) is 0 Å². The van der Waals surface area contributed by atoms with E-state index in [4.69, 9.17) is 4.74 Å². The molecule has 1 heterocycles. The maximum absolute atomic E-state index is 12.4. The maximum Gasteiger partial charge on any atom is 0.260 e. The predicted molar refractivity (Wildman–Crippen MR) is 102 cm³/mol. The van der Waals surface area contributed by atoms with E-state index >= 15 is 0 Å². The van der Waals surface area contributed by atoms with Crippen LogP contribution >= 0.6 is 15.9 Å². The summed E-state index contributed by atoms with van der Waals surface area (Å²) in [6.45, 7) is 1.98. The summed E-state index contributed by atoms with van der Waals surface area (Å²) in [4.78, 5) is 18.1. The molecule has 1 aromatic heterocycles. The van der Waals surface area contributed by atoms with Gasteiger partial charge < -0.3 is 9.64 Å². The monoisotopic (exact) mass is 414 g/mol. The van der Waals surface area contributed by atoms with Gasteiger partial charge in [-0.1, -0.05) is 34.1 Å². The minimum absolute atomic E-state index is 0.00562. The molecule has 0 radical (unpaired) electrons. The van der Waals surface area contributed by atoms with Crippen molar-refractivity contribution >= 4 is 21.8 Å². The third-order valence-electron chi connectivity index (χ3n) is 4.19. The number of halogens is 1. The van der Waals surface area contributed by atoms with Crippen molar-refractivity contribution in [1.82, 2.24) is 19.7 Å². The molecule has 2 aromatic carbocycles. The standard InChI is InChI=1S/C19H19BrN4O2/c1-14(15-6-8-17(9-7-15)24-13-21-12-22-24)23(2)19(25)11-26-18-5-3-4-16(20)10-18/h3-10,12-14H,11H2,1-2H3. The summed E-state index contributed by atoms with van der Waals surface area (Å²) in [5, 5.41) is 4.10. The van der Waals surface area contributed by atoms with Crippen LogP contribution in [0.15, 0.2) is 65.7 Å². The van der Waals surface area contributed by atoms with Gasteiger partial charge in [-0.05, 0) is 42.8 Å². The Morgan fingerprint density at radius 1 is 1.27 bits per heavy atom. The van der Waals surface area contributed by atoms with E-state index in [9.17, 15) is 4.79 Å². The van der Waals surface area contributed by atoms with Crippen LogP contribution in [0.2, 0.25) is 0 Å². The van der Waals surface area contributed by atoms with Crippen molar-refractivity contribution in [2.75, 3.05) is 13.7 Å². The Hall–Kier alpha value is -2.67. The van der Waals surface area contributed by atoms with Gasteiger partial charge in [0, 0.05) is 11.5 Å². The van der Waals surface area contributed by atoms with Crippen molar-refractivity contribution in [3.05, 3.63) is 71.2 Å². The fraction of sp³-hybridized carbons (Fsp3) is 0.211. The minimum atomic E-state index is -0.0853. The van der Waals surface area contributed by atoms with Crippen molar-refractivity contribution in [1.29, 1.82) is 0 Å². The Kier molecular flexibility index (Phi) is 5.68. The Labute approximate surface area is 160 Å². The molecule has 1 unspecified atom stereocenters. The number of ether oxygens (including phenoxy) is 1. The second-order valence-corrected chi connectivity index (χ2v) is 6.77.